The Labute approximate surface area is 119 Å². The highest BCUT2D eigenvalue weighted by Crippen LogP contribution is 2.33. The molecule has 0 amide bonds. The van der Waals surface area contributed by atoms with Gasteiger partial charge in [-0.1, -0.05) is 23.7 Å². The molecule has 0 saturated carbocycles. The zero-order chi connectivity index (χ0) is 14.7. The van der Waals surface area contributed by atoms with E-state index in [1.165, 1.54) is 37.6 Å². The van der Waals surface area contributed by atoms with Gasteiger partial charge in [0.25, 0.3) is 0 Å². The number of rotatable bonds is 4. The summed E-state index contributed by atoms with van der Waals surface area (Å²) in [6.07, 6.45) is 1.19. The van der Waals surface area contributed by atoms with Crippen molar-refractivity contribution >= 4 is 17.6 Å². The minimum Gasteiger partial charge on any atom is -0.478 e. The second kappa shape index (κ2) is 5.98. The monoisotopic (exact) mass is 295 g/mol. The summed E-state index contributed by atoms with van der Waals surface area (Å²) in [5.74, 6) is -1.56. The molecule has 0 aliphatic carbocycles. The van der Waals surface area contributed by atoms with Crippen molar-refractivity contribution in [2.45, 2.75) is 6.61 Å². The number of carboxylic acids is 1. The van der Waals surface area contributed by atoms with Crippen LogP contribution in [0.15, 0.2) is 30.5 Å². The molecular weight excluding hydrogens is 285 g/mol. The van der Waals surface area contributed by atoms with E-state index in [0.717, 1.165) is 0 Å². The molecule has 2 rings (SSSR count). The minimum atomic E-state index is -1.17. The Morgan fingerprint density at radius 1 is 1.40 bits per heavy atom. The van der Waals surface area contributed by atoms with E-state index in [1.807, 2.05) is 0 Å². The zero-order valence-corrected chi connectivity index (χ0v) is 11.3. The number of benzene rings is 1. The van der Waals surface area contributed by atoms with Crippen molar-refractivity contribution in [1.29, 1.82) is 0 Å². The van der Waals surface area contributed by atoms with Gasteiger partial charge in [0.2, 0.25) is 0 Å². The number of carbonyl (C=O) groups is 1. The number of aromatic nitrogens is 1. The Kier molecular flexibility index (Phi) is 4.32. The molecule has 0 saturated heterocycles. The quantitative estimate of drug-likeness (QED) is 0.939. The normalized spacial score (nSPS) is 10.6. The summed E-state index contributed by atoms with van der Waals surface area (Å²) >= 11 is 6.15. The summed E-state index contributed by atoms with van der Waals surface area (Å²) in [5.41, 5.74) is 1.41. The number of halogens is 2. The zero-order valence-electron chi connectivity index (χ0n) is 10.6. The van der Waals surface area contributed by atoms with Crippen LogP contribution >= 0.6 is 11.6 Å². The third kappa shape index (κ3) is 2.79. The Hall–Kier alpha value is -1.98. The molecule has 4 nitrogen and oxygen atoms in total. The molecule has 0 unspecified atom stereocenters. The van der Waals surface area contributed by atoms with Gasteiger partial charge in [-0.3, -0.25) is 4.98 Å². The molecule has 2 aromatic rings. The molecular formula is C14H11ClFNO3. The largest absolute Gasteiger partial charge is 0.478 e. The van der Waals surface area contributed by atoms with E-state index >= 15 is 0 Å². The van der Waals surface area contributed by atoms with Gasteiger partial charge in [0, 0.05) is 18.9 Å². The highest BCUT2D eigenvalue weighted by atomic mass is 35.5. The van der Waals surface area contributed by atoms with Gasteiger partial charge >= 0.3 is 5.97 Å². The molecule has 104 valence electrons. The molecule has 0 fully saturated rings. The fourth-order valence-corrected chi connectivity index (χ4v) is 2.18. The molecule has 0 radical (unpaired) electrons. The van der Waals surface area contributed by atoms with Crippen LogP contribution in [0.2, 0.25) is 5.02 Å². The average molecular weight is 296 g/mol. The lowest BCUT2D eigenvalue weighted by Crippen LogP contribution is -2.04. The van der Waals surface area contributed by atoms with Gasteiger partial charge in [-0.05, 0) is 17.7 Å². The van der Waals surface area contributed by atoms with Crippen LogP contribution in [0, 0.1) is 5.82 Å². The first-order valence-corrected chi connectivity index (χ1v) is 6.08. The molecule has 20 heavy (non-hydrogen) atoms. The topological polar surface area (TPSA) is 59.4 Å². The second-order valence-electron chi connectivity index (χ2n) is 4.05. The number of nitrogens with zero attached hydrogens (tertiary/aromatic N) is 1. The lowest BCUT2D eigenvalue weighted by molar-refractivity contribution is 0.0696. The van der Waals surface area contributed by atoms with Crippen LogP contribution in [-0.2, 0) is 11.3 Å². The van der Waals surface area contributed by atoms with E-state index in [-0.39, 0.29) is 23.0 Å². The molecule has 1 N–H and O–H groups in total. The van der Waals surface area contributed by atoms with Gasteiger partial charge < -0.3 is 9.84 Å². The van der Waals surface area contributed by atoms with Crippen molar-refractivity contribution in [3.8, 4) is 11.1 Å². The fraction of sp³-hybridized carbons (Fsp3) is 0.143. The summed E-state index contributed by atoms with van der Waals surface area (Å²) in [4.78, 5) is 15.2. The number of aromatic carboxylic acids is 1. The molecule has 0 spiro atoms. The van der Waals surface area contributed by atoms with E-state index in [4.69, 9.17) is 21.4 Å². The number of hydrogen-bond donors (Lipinski definition) is 1. The average Bonchev–Trinajstić information content (AvgIpc) is 2.40. The third-order valence-electron chi connectivity index (χ3n) is 2.74. The SMILES string of the molecule is COCc1ncc(C(=O)O)c(Cl)c1-c1ccc(F)cc1. The van der Waals surface area contributed by atoms with E-state index in [9.17, 15) is 9.18 Å². The number of pyridine rings is 1. The third-order valence-corrected chi connectivity index (χ3v) is 3.13. The molecule has 0 aliphatic heterocycles. The van der Waals surface area contributed by atoms with Crippen molar-refractivity contribution in [3.63, 3.8) is 0 Å². The smallest absolute Gasteiger partial charge is 0.338 e. The highest BCUT2D eigenvalue weighted by molar-refractivity contribution is 6.36. The van der Waals surface area contributed by atoms with Gasteiger partial charge in [-0.2, -0.15) is 0 Å². The highest BCUT2D eigenvalue weighted by Gasteiger charge is 2.18. The van der Waals surface area contributed by atoms with Crippen LogP contribution in [0.4, 0.5) is 4.39 Å². The van der Waals surface area contributed by atoms with E-state index in [2.05, 4.69) is 4.98 Å². The molecule has 6 heteroatoms. The van der Waals surface area contributed by atoms with Gasteiger partial charge in [0.15, 0.2) is 0 Å². The van der Waals surface area contributed by atoms with Crippen molar-refractivity contribution in [1.82, 2.24) is 4.98 Å². The lowest BCUT2D eigenvalue weighted by Gasteiger charge is -2.12. The van der Waals surface area contributed by atoms with Gasteiger partial charge in [0.05, 0.1) is 22.9 Å². The molecule has 1 aromatic heterocycles. The van der Waals surface area contributed by atoms with E-state index < -0.39 is 5.97 Å². The van der Waals surface area contributed by atoms with Crippen LogP contribution in [0.1, 0.15) is 16.1 Å². The maximum Gasteiger partial charge on any atom is 0.338 e. The maximum atomic E-state index is 13.0. The Morgan fingerprint density at radius 2 is 2.05 bits per heavy atom. The van der Waals surface area contributed by atoms with Crippen molar-refractivity contribution in [2.24, 2.45) is 0 Å². The second-order valence-corrected chi connectivity index (χ2v) is 4.43. The van der Waals surface area contributed by atoms with Gasteiger partial charge in [0.1, 0.15) is 5.82 Å². The molecule has 0 aliphatic rings. The fourth-order valence-electron chi connectivity index (χ4n) is 1.83. The summed E-state index contributed by atoms with van der Waals surface area (Å²) < 4.78 is 18.0. The van der Waals surface area contributed by atoms with E-state index in [1.54, 1.807) is 0 Å². The molecule has 0 bridgehead atoms. The van der Waals surface area contributed by atoms with Gasteiger partial charge in [-0.25, -0.2) is 9.18 Å². The Balaban J connectivity index is 2.66. The van der Waals surface area contributed by atoms with Crippen molar-refractivity contribution in [2.75, 3.05) is 7.11 Å². The summed E-state index contributed by atoms with van der Waals surface area (Å²) in [6, 6.07) is 5.58. The number of hydrogen-bond acceptors (Lipinski definition) is 3. The first-order chi connectivity index (χ1) is 9.54. The molecule has 0 atom stereocenters. The Morgan fingerprint density at radius 3 is 2.60 bits per heavy atom. The summed E-state index contributed by atoms with van der Waals surface area (Å²) in [5, 5.41) is 9.15. The Bertz CT molecular complexity index is 644. The first kappa shape index (κ1) is 14.4. The van der Waals surface area contributed by atoms with E-state index in [0.29, 0.717) is 16.8 Å². The van der Waals surface area contributed by atoms with Crippen molar-refractivity contribution < 1.29 is 19.0 Å². The van der Waals surface area contributed by atoms with Crippen LogP contribution in [-0.4, -0.2) is 23.2 Å². The van der Waals surface area contributed by atoms with Crippen LogP contribution < -0.4 is 0 Å². The van der Waals surface area contributed by atoms with Crippen LogP contribution in [0.3, 0.4) is 0 Å². The standard InChI is InChI=1S/C14H11ClFNO3/c1-20-7-11-12(8-2-4-9(16)5-3-8)13(15)10(6-17-11)14(18)19/h2-6H,7H2,1H3,(H,18,19). The maximum absolute atomic E-state index is 13.0. The van der Waals surface area contributed by atoms with Crippen LogP contribution in [0.5, 0.6) is 0 Å². The predicted molar refractivity (Wildman–Crippen MR) is 72.3 cm³/mol. The van der Waals surface area contributed by atoms with Gasteiger partial charge in [-0.15, -0.1) is 0 Å². The predicted octanol–water partition coefficient (Wildman–Crippen LogP) is 3.39. The molecule has 1 heterocycles. The molecule has 1 aromatic carbocycles. The first-order valence-electron chi connectivity index (χ1n) is 5.70. The number of carboxylic acid groups (broad SMARTS) is 1. The summed E-state index contributed by atoms with van der Waals surface area (Å²) in [7, 11) is 1.50. The number of methoxy groups -OCH3 is 1. The minimum absolute atomic E-state index is 0.0613. The lowest BCUT2D eigenvalue weighted by atomic mass is 10.0. The number of ether oxygens (including phenoxy) is 1. The summed E-state index contributed by atoms with van der Waals surface area (Å²) in [6.45, 7) is 0.173. The van der Waals surface area contributed by atoms with Crippen LogP contribution in [0.25, 0.3) is 11.1 Å². The van der Waals surface area contributed by atoms with Crippen molar-refractivity contribution in [3.05, 3.63) is 52.6 Å².